The minimum absolute atomic E-state index is 0.0801. The van der Waals surface area contributed by atoms with Gasteiger partial charge in [-0.2, -0.15) is 0 Å². The van der Waals surface area contributed by atoms with Crippen LogP contribution >= 0.6 is 0 Å². The van der Waals surface area contributed by atoms with Crippen LogP contribution in [0.3, 0.4) is 0 Å². The van der Waals surface area contributed by atoms with Gasteiger partial charge in [-0.05, 0) is 81.8 Å². The normalized spacial score (nSPS) is 15.2. The summed E-state index contributed by atoms with van der Waals surface area (Å²) in [7, 11) is 0.789. The lowest BCUT2D eigenvalue weighted by Crippen LogP contribution is -2.43. The summed E-state index contributed by atoms with van der Waals surface area (Å²) in [5.74, 6) is -0.547. The first-order valence-corrected chi connectivity index (χ1v) is 17.8. The second kappa shape index (κ2) is 11.7. The molecule has 5 rings (SSSR count). The van der Waals surface area contributed by atoms with Gasteiger partial charge in [-0.15, -0.1) is 0 Å². The van der Waals surface area contributed by atoms with Gasteiger partial charge < -0.3 is 24.5 Å². The number of nitrogens with one attached hydrogen (secondary N) is 2. The Hall–Kier alpha value is -3.27. The van der Waals surface area contributed by atoms with E-state index in [1.54, 1.807) is 12.3 Å². The minimum atomic E-state index is -1.31. The number of amides is 1. The first-order chi connectivity index (χ1) is 19.1. The van der Waals surface area contributed by atoms with Gasteiger partial charge >= 0.3 is 0 Å². The molecule has 1 aromatic carbocycles. The molecule has 40 heavy (non-hydrogen) atoms. The molecular weight excluding hydrogens is 521 g/mol. The van der Waals surface area contributed by atoms with Crippen LogP contribution in [0, 0.1) is 12.7 Å². The number of carbonyl (C=O) groups is 1. The standard InChI is InChI=1S/C31H40FN5O2Si/c1-21-6-7-25(27(32)18-21)29-26(31(38)35-22-10-14-36(2)15-11-22)19-28(37(29)20-39-16-17-40(3,4)5)23-8-12-33-30-24(23)9-13-34-30/h6-9,12-13,18-19,22H,10-11,14-17,20H2,1-5H3,(H,33,34)(H,35,38). The molecule has 0 spiro atoms. The highest BCUT2D eigenvalue weighted by Crippen LogP contribution is 2.37. The van der Waals surface area contributed by atoms with Crippen molar-refractivity contribution >= 4 is 25.0 Å². The summed E-state index contributed by atoms with van der Waals surface area (Å²) in [6.45, 7) is 11.5. The van der Waals surface area contributed by atoms with Gasteiger partial charge in [0.1, 0.15) is 18.2 Å². The molecule has 0 saturated carbocycles. The zero-order chi connectivity index (χ0) is 28.4. The van der Waals surface area contributed by atoms with Crippen molar-refractivity contribution in [3.8, 4) is 22.5 Å². The van der Waals surface area contributed by atoms with Gasteiger partial charge in [0.05, 0.1) is 17.0 Å². The first kappa shape index (κ1) is 28.3. The monoisotopic (exact) mass is 561 g/mol. The van der Waals surface area contributed by atoms with E-state index in [1.807, 2.05) is 42.0 Å². The summed E-state index contributed by atoms with van der Waals surface area (Å²) in [5, 5.41) is 4.18. The second-order valence-corrected chi connectivity index (χ2v) is 17.8. The average molecular weight is 562 g/mol. The summed E-state index contributed by atoms with van der Waals surface area (Å²) >= 11 is 0. The highest BCUT2D eigenvalue weighted by molar-refractivity contribution is 6.76. The van der Waals surface area contributed by atoms with Crippen molar-refractivity contribution in [2.24, 2.45) is 0 Å². The van der Waals surface area contributed by atoms with Crippen molar-refractivity contribution in [3.63, 3.8) is 0 Å². The topological polar surface area (TPSA) is 75.2 Å². The van der Waals surface area contributed by atoms with Crippen LogP contribution in [0.5, 0.6) is 0 Å². The Kier molecular flexibility index (Phi) is 8.25. The maximum atomic E-state index is 15.6. The van der Waals surface area contributed by atoms with Crippen LogP contribution in [0.4, 0.5) is 4.39 Å². The Morgan fingerprint density at radius 2 is 1.93 bits per heavy atom. The van der Waals surface area contributed by atoms with Crippen molar-refractivity contribution in [2.75, 3.05) is 26.7 Å². The SMILES string of the molecule is Cc1ccc(-c2c(C(=O)NC3CCN(C)CC3)cc(-c3ccnc4[nH]ccc34)n2COCC[Si](C)(C)C)c(F)c1. The highest BCUT2D eigenvalue weighted by atomic mass is 28.3. The van der Waals surface area contributed by atoms with Gasteiger partial charge in [-0.3, -0.25) is 4.79 Å². The maximum Gasteiger partial charge on any atom is 0.253 e. The van der Waals surface area contributed by atoms with E-state index in [4.69, 9.17) is 4.74 Å². The number of aryl methyl sites for hydroxylation is 1. The van der Waals surface area contributed by atoms with Gasteiger partial charge in [-0.25, -0.2) is 9.37 Å². The fraction of sp³-hybridized carbons (Fsp3) is 0.419. The van der Waals surface area contributed by atoms with Crippen LogP contribution in [0.25, 0.3) is 33.5 Å². The van der Waals surface area contributed by atoms with E-state index in [-0.39, 0.29) is 24.5 Å². The zero-order valence-electron chi connectivity index (χ0n) is 24.2. The molecule has 0 unspecified atom stereocenters. The summed E-state index contributed by atoms with van der Waals surface area (Å²) in [6, 6.07) is 12.1. The largest absolute Gasteiger partial charge is 0.361 e. The number of aromatic nitrogens is 3. The molecule has 3 aromatic heterocycles. The van der Waals surface area contributed by atoms with Gasteiger partial charge in [-0.1, -0.05) is 25.7 Å². The third-order valence-electron chi connectivity index (χ3n) is 7.73. The number of H-pyrrole nitrogens is 1. The fourth-order valence-electron chi connectivity index (χ4n) is 5.32. The Morgan fingerprint density at radius 1 is 1.15 bits per heavy atom. The van der Waals surface area contributed by atoms with Gasteiger partial charge in [0.15, 0.2) is 0 Å². The second-order valence-electron chi connectivity index (χ2n) is 12.2. The number of benzene rings is 1. The van der Waals surface area contributed by atoms with Gasteiger partial charge in [0, 0.05) is 49.6 Å². The summed E-state index contributed by atoms with van der Waals surface area (Å²) in [5.41, 5.74) is 4.66. The molecule has 7 nitrogen and oxygen atoms in total. The highest BCUT2D eigenvalue weighted by Gasteiger charge is 2.28. The molecule has 0 bridgehead atoms. The van der Waals surface area contributed by atoms with Crippen LogP contribution in [0.15, 0.2) is 48.8 Å². The Bertz CT molecular complexity index is 1500. The van der Waals surface area contributed by atoms with E-state index in [9.17, 15) is 4.79 Å². The molecule has 212 valence electrons. The van der Waals surface area contributed by atoms with E-state index in [0.717, 1.165) is 59.8 Å². The fourth-order valence-corrected chi connectivity index (χ4v) is 6.07. The van der Waals surface area contributed by atoms with Gasteiger partial charge in [0.25, 0.3) is 5.91 Å². The van der Waals surface area contributed by atoms with Crippen LogP contribution < -0.4 is 5.32 Å². The molecule has 0 aliphatic carbocycles. The van der Waals surface area contributed by atoms with Gasteiger partial charge in [0.2, 0.25) is 0 Å². The lowest BCUT2D eigenvalue weighted by Gasteiger charge is -2.29. The van der Waals surface area contributed by atoms with E-state index in [1.165, 1.54) is 6.07 Å². The average Bonchev–Trinajstić information content (AvgIpc) is 3.53. The predicted octanol–water partition coefficient (Wildman–Crippen LogP) is 6.28. The van der Waals surface area contributed by atoms with Crippen LogP contribution in [0.1, 0.15) is 28.8 Å². The molecule has 9 heteroatoms. The van der Waals surface area contributed by atoms with Crippen molar-refractivity contribution in [1.29, 1.82) is 0 Å². The number of piperidine rings is 1. The predicted molar refractivity (Wildman–Crippen MR) is 162 cm³/mol. The number of ether oxygens (including phenoxy) is 1. The number of nitrogens with zero attached hydrogens (tertiary/aromatic N) is 3. The Labute approximate surface area is 236 Å². The van der Waals surface area contributed by atoms with E-state index in [2.05, 4.69) is 46.9 Å². The summed E-state index contributed by atoms with van der Waals surface area (Å²) in [4.78, 5) is 23.8. The lowest BCUT2D eigenvalue weighted by molar-refractivity contribution is 0.0886. The Balaban J connectivity index is 1.64. The molecule has 4 heterocycles. The molecule has 0 atom stereocenters. The lowest BCUT2D eigenvalue weighted by atomic mass is 10.0. The molecule has 2 N–H and O–H groups in total. The van der Waals surface area contributed by atoms with Crippen molar-refractivity contribution in [2.45, 2.75) is 58.2 Å². The third kappa shape index (κ3) is 6.21. The van der Waals surface area contributed by atoms with Crippen molar-refractivity contribution < 1.29 is 13.9 Å². The molecule has 0 radical (unpaired) electrons. The number of carbonyl (C=O) groups excluding carboxylic acids is 1. The third-order valence-corrected chi connectivity index (χ3v) is 9.43. The van der Waals surface area contributed by atoms with Crippen LogP contribution in [0.2, 0.25) is 25.7 Å². The van der Waals surface area contributed by atoms with Crippen molar-refractivity contribution in [1.82, 2.24) is 24.8 Å². The van der Waals surface area contributed by atoms with Crippen LogP contribution in [-0.2, 0) is 11.5 Å². The smallest absolute Gasteiger partial charge is 0.253 e. The molecule has 1 aliphatic rings. The molecule has 1 aliphatic heterocycles. The quantitative estimate of drug-likeness (QED) is 0.186. The number of likely N-dealkylation sites (tertiary alicyclic amines) is 1. The molecule has 1 fully saturated rings. The van der Waals surface area contributed by atoms with Crippen molar-refractivity contribution in [3.05, 3.63) is 65.7 Å². The first-order valence-electron chi connectivity index (χ1n) is 14.1. The van der Waals surface area contributed by atoms with Crippen LogP contribution in [-0.4, -0.2) is 66.2 Å². The number of hydrogen-bond acceptors (Lipinski definition) is 4. The minimum Gasteiger partial charge on any atom is -0.361 e. The molecule has 4 aromatic rings. The van der Waals surface area contributed by atoms with E-state index in [0.29, 0.717) is 23.4 Å². The Morgan fingerprint density at radius 3 is 2.65 bits per heavy atom. The summed E-state index contributed by atoms with van der Waals surface area (Å²) in [6.07, 6.45) is 5.38. The molecular formula is C31H40FN5O2Si. The van der Waals surface area contributed by atoms with E-state index < -0.39 is 8.07 Å². The molecule has 1 saturated heterocycles. The number of hydrogen-bond donors (Lipinski definition) is 2. The number of fused-ring (bicyclic) bond motifs is 1. The zero-order valence-corrected chi connectivity index (χ0v) is 25.2. The number of rotatable bonds is 9. The van der Waals surface area contributed by atoms with E-state index >= 15 is 4.39 Å². The number of pyridine rings is 1. The maximum absolute atomic E-state index is 15.6. The number of aromatic amines is 1. The molecule has 1 amide bonds. The number of halogens is 1. The summed E-state index contributed by atoms with van der Waals surface area (Å²) < 4.78 is 23.8.